The van der Waals surface area contributed by atoms with Crippen LogP contribution in [-0.2, 0) is 15.8 Å². The first kappa shape index (κ1) is 18.2. The molecule has 0 aliphatic carbocycles. The number of hydrogen-bond acceptors (Lipinski definition) is 4. The van der Waals surface area contributed by atoms with Gasteiger partial charge >= 0.3 is 13.6 Å². The van der Waals surface area contributed by atoms with E-state index in [1.807, 2.05) is 0 Å². The molecule has 2 atom stereocenters. The van der Waals surface area contributed by atoms with Crippen molar-refractivity contribution in [3.8, 4) is 0 Å². The molecule has 0 aliphatic rings. The zero-order chi connectivity index (χ0) is 13.8. The van der Waals surface area contributed by atoms with Crippen LogP contribution in [-0.4, -0.2) is 31.6 Å². The molecule has 108 valence electrons. The van der Waals surface area contributed by atoms with Crippen molar-refractivity contribution in [1.82, 2.24) is 11.5 Å². The van der Waals surface area contributed by atoms with E-state index < -0.39 is 24.3 Å². The molecule has 0 bridgehead atoms. The third-order valence-electron chi connectivity index (χ3n) is 2.21. The quantitative estimate of drug-likeness (QED) is 0.294. The van der Waals surface area contributed by atoms with Crippen LogP contribution in [0.1, 0.15) is 5.56 Å². The van der Waals surface area contributed by atoms with Crippen molar-refractivity contribution < 1.29 is 24.3 Å². The van der Waals surface area contributed by atoms with Gasteiger partial charge in [-0.2, -0.15) is 0 Å². The molecule has 7 N–H and O–H groups in total. The van der Waals surface area contributed by atoms with Gasteiger partial charge in [0.1, 0.15) is 6.04 Å². The van der Waals surface area contributed by atoms with Crippen molar-refractivity contribution in [2.75, 3.05) is 0 Å². The molecule has 1 aromatic rings. The molecule has 0 saturated heterocycles. The fraction of sp³-hybridized carbons (Fsp3) is 0.300. The van der Waals surface area contributed by atoms with Gasteiger partial charge in [0.2, 0.25) is 0 Å². The first-order valence-electron chi connectivity index (χ1n) is 5.03. The normalized spacial score (nSPS) is 14.3. The Kier molecular flexibility index (Phi) is 7.43. The molecule has 1 rings (SSSR count). The Morgan fingerprint density at radius 2 is 1.84 bits per heavy atom. The number of hydrogen-bond donors (Lipinski definition) is 5. The third-order valence-corrected chi connectivity index (χ3v) is 4.82. The van der Waals surface area contributed by atoms with E-state index in [0.29, 0.717) is 0 Å². The Labute approximate surface area is 118 Å². The summed E-state index contributed by atoms with van der Waals surface area (Å²) in [6.07, 6.45) is 0.137. The molecule has 0 saturated carbocycles. The van der Waals surface area contributed by atoms with Gasteiger partial charge in [-0.1, -0.05) is 46.3 Å². The van der Waals surface area contributed by atoms with Crippen LogP contribution in [0.25, 0.3) is 0 Å². The van der Waals surface area contributed by atoms with Crippen molar-refractivity contribution in [1.29, 1.82) is 0 Å². The smallest absolute Gasteiger partial charge is 0.353 e. The number of carboxylic acids is 1. The van der Waals surface area contributed by atoms with Crippen molar-refractivity contribution in [3.63, 3.8) is 0 Å². The number of alkyl halides is 1. The molecule has 19 heavy (non-hydrogen) atoms. The van der Waals surface area contributed by atoms with E-state index in [-0.39, 0.29) is 12.6 Å². The van der Waals surface area contributed by atoms with Gasteiger partial charge in [-0.15, -0.1) is 0 Å². The molecule has 2 unspecified atom stereocenters. The second-order valence-electron chi connectivity index (χ2n) is 3.67. The van der Waals surface area contributed by atoms with Crippen LogP contribution in [0.5, 0.6) is 0 Å². The van der Waals surface area contributed by atoms with Gasteiger partial charge < -0.3 is 21.0 Å². The maximum absolute atomic E-state index is 11.0. The Balaban J connectivity index is 0.00000324. The van der Waals surface area contributed by atoms with Gasteiger partial charge in [0.15, 0.2) is 4.69 Å². The standard InChI is InChI=1S/C10H13BrNO5P.H3N/c11-10(18(15,16)17)12-8(9(13)14)6-7-4-2-1-3-5-7;/h1-5,8,10,12H,6H2,(H,13,14)(H2,15,16,17);1H3. The maximum atomic E-state index is 11.0. The summed E-state index contributed by atoms with van der Waals surface area (Å²) in [5.74, 6) is -1.17. The van der Waals surface area contributed by atoms with E-state index in [2.05, 4.69) is 21.2 Å². The summed E-state index contributed by atoms with van der Waals surface area (Å²) in [5.41, 5.74) is 0.766. The minimum absolute atomic E-state index is 0. The minimum atomic E-state index is -4.41. The van der Waals surface area contributed by atoms with Crippen LogP contribution >= 0.6 is 23.5 Å². The molecule has 0 aromatic heterocycles. The minimum Gasteiger partial charge on any atom is -0.480 e. The summed E-state index contributed by atoms with van der Waals surface area (Å²) in [5, 5.41) is 11.4. The number of carboxylic acid groups (broad SMARTS) is 1. The molecule has 0 heterocycles. The Bertz CT molecular complexity index is 452. The summed E-state index contributed by atoms with van der Waals surface area (Å²) in [6.45, 7) is 0. The molecule has 0 radical (unpaired) electrons. The molecule has 0 amide bonds. The lowest BCUT2D eigenvalue weighted by atomic mass is 10.1. The summed E-state index contributed by atoms with van der Waals surface area (Å²) in [7, 11) is -4.41. The number of benzene rings is 1. The number of aliphatic carboxylic acids is 1. The van der Waals surface area contributed by atoms with Crippen molar-refractivity contribution in [3.05, 3.63) is 35.9 Å². The fourth-order valence-electron chi connectivity index (χ4n) is 1.33. The first-order valence-corrected chi connectivity index (χ1v) is 7.62. The van der Waals surface area contributed by atoms with Crippen LogP contribution in [0, 0.1) is 0 Å². The largest absolute Gasteiger partial charge is 0.480 e. The van der Waals surface area contributed by atoms with Crippen molar-refractivity contribution in [2.24, 2.45) is 0 Å². The summed E-state index contributed by atoms with van der Waals surface area (Å²) in [6, 6.07) is 7.75. The fourth-order valence-corrected chi connectivity index (χ4v) is 2.02. The van der Waals surface area contributed by atoms with Gasteiger partial charge in [-0.25, -0.2) is 0 Å². The highest BCUT2D eigenvalue weighted by Gasteiger charge is 2.30. The molecular weight excluding hydrogens is 339 g/mol. The number of rotatable bonds is 6. The van der Waals surface area contributed by atoms with E-state index in [4.69, 9.17) is 14.9 Å². The van der Waals surface area contributed by atoms with Gasteiger partial charge in [0, 0.05) is 0 Å². The van der Waals surface area contributed by atoms with Crippen molar-refractivity contribution >= 4 is 29.5 Å². The average Bonchev–Trinajstić information content (AvgIpc) is 2.28. The highest BCUT2D eigenvalue weighted by Crippen LogP contribution is 2.43. The van der Waals surface area contributed by atoms with Crippen molar-refractivity contribution in [2.45, 2.75) is 17.2 Å². The monoisotopic (exact) mass is 354 g/mol. The SMILES string of the molecule is N.O=C(O)C(Cc1ccccc1)NC(Br)P(=O)(O)O. The van der Waals surface area contributed by atoms with E-state index in [1.54, 1.807) is 30.3 Å². The molecular formula is C10H16BrN2O5P. The number of halogens is 1. The lowest BCUT2D eigenvalue weighted by molar-refractivity contribution is -0.139. The average molecular weight is 355 g/mol. The Morgan fingerprint density at radius 3 is 2.26 bits per heavy atom. The second-order valence-corrected chi connectivity index (χ2v) is 6.99. The summed E-state index contributed by atoms with van der Waals surface area (Å²) in [4.78, 5) is 28.8. The topological polar surface area (TPSA) is 142 Å². The summed E-state index contributed by atoms with van der Waals surface area (Å²) < 4.78 is 9.55. The van der Waals surface area contributed by atoms with Crippen LogP contribution in [0.3, 0.4) is 0 Å². The van der Waals surface area contributed by atoms with Gasteiger partial charge in [0.05, 0.1) is 0 Å². The zero-order valence-electron chi connectivity index (χ0n) is 9.94. The van der Waals surface area contributed by atoms with Gasteiger partial charge in [0.25, 0.3) is 0 Å². The van der Waals surface area contributed by atoms with E-state index in [0.717, 1.165) is 5.56 Å². The second kappa shape index (κ2) is 7.74. The molecule has 9 heteroatoms. The van der Waals surface area contributed by atoms with Gasteiger partial charge in [-0.3, -0.25) is 14.7 Å². The molecule has 0 fully saturated rings. The van der Waals surface area contributed by atoms with Gasteiger partial charge in [-0.05, 0) is 12.0 Å². The highest BCUT2D eigenvalue weighted by atomic mass is 79.9. The van der Waals surface area contributed by atoms with E-state index >= 15 is 0 Å². The van der Waals surface area contributed by atoms with Crippen LogP contribution in [0.2, 0.25) is 0 Å². The highest BCUT2D eigenvalue weighted by molar-refractivity contribution is 9.10. The zero-order valence-corrected chi connectivity index (χ0v) is 12.4. The lowest BCUT2D eigenvalue weighted by Crippen LogP contribution is -2.42. The number of carbonyl (C=O) groups is 1. The Hall–Kier alpha value is -0.760. The maximum Gasteiger partial charge on any atom is 0.353 e. The van der Waals surface area contributed by atoms with E-state index in [9.17, 15) is 9.36 Å². The molecule has 0 aliphatic heterocycles. The first-order chi connectivity index (χ1) is 8.30. The van der Waals surface area contributed by atoms with Crippen LogP contribution in [0.15, 0.2) is 30.3 Å². The third kappa shape index (κ3) is 6.29. The predicted octanol–water partition coefficient (Wildman–Crippen LogP) is 1.29. The Morgan fingerprint density at radius 1 is 1.32 bits per heavy atom. The van der Waals surface area contributed by atoms with E-state index in [1.165, 1.54) is 0 Å². The predicted molar refractivity (Wildman–Crippen MR) is 74.5 cm³/mol. The molecule has 7 nitrogen and oxygen atoms in total. The summed E-state index contributed by atoms with van der Waals surface area (Å²) >= 11 is 2.74. The lowest BCUT2D eigenvalue weighted by Gasteiger charge is -2.19. The van der Waals surface area contributed by atoms with Crippen LogP contribution < -0.4 is 11.5 Å². The number of nitrogens with one attached hydrogen (secondary N) is 1. The van der Waals surface area contributed by atoms with Crippen LogP contribution in [0.4, 0.5) is 0 Å². The molecule has 0 spiro atoms. The molecule has 1 aromatic carbocycles.